The topological polar surface area (TPSA) is 66.6 Å². The Bertz CT molecular complexity index is 3350. The van der Waals surface area contributed by atoms with Crippen molar-refractivity contribution in [3.05, 3.63) is 246 Å². The summed E-state index contributed by atoms with van der Waals surface area (Å²) in [5.41, 5.74) is 16.0. The summed E-state index contributed by atoms with van der Waals surface area (Å²) in [6, 6.07) is 75.1. The van der Waals surface area contributed by atoms with Crippen LogP contribution in [0.2, 0.25) is 0 Å². The van der Waals surface area contributed by atoms with Gasteiger partial charge in [-0.15, -0.1) is 0 Å². The first-order chi connectivity index (χ1) is 30.7. The summed E-state index contributed by atoms with van der Waals surface area (Å²) in [5.74, 6) is 0.653. The van der Waals surface area contributed by atoms with Gasteiger partial charge in [0.15, 0.2) is 5.82 Å². The van der Waals surface area contributed by atoms with Crippen LogP contribution in [0.15, 0.2) is 218 Å². The highest BCUT2D eigenvalue weighted by atomic mass is 15.0. The molecule has 0 spiro atoms. The van der Waals surface area contributed by atoms with E-state index in [4.69, 9.17) is 9.97 Å². The van der Waals surface area contributed by atoms with Crippen molar-refractivity contribution in [2.75, 3.05) is 0 Å². The van der Waals surface area contributed by atoms with E-state index in [-0.39, 0.29) is 0 Å². The molecule has 292 valence electrons. The zero-order chi connectivity index (χ0) is 41.4. The number of aromatic nitrogens is 3. The Kier molecular flexibility index (Phi) is 9.25. The van der Waals surface area contributed by atoms with Gasteiger partial charge in [0.05, 0.1) is 33.8 Å². The minimum atomic E-state index is 0.421. The number of benzene rings is 8. The largest absolute Gasteiger partial charge is 0.354 e. The Hall–Kier alpha value is -8.41. The molecular formula is C57H39N5. The van der Waals surface area contributed by atoms with Crippen molar-refractivity contribution >= 4 is 50.6 Å². The van der Waals surface area contributed by atoms with Crippen molar-refractivity contribution in [3.63, 3.8) is 0 Å². The van der Waals surface area contributed by atoms with Gasteiger partial charge in [0, 0.05) is 55.5 Å². The lowest BCUT2D eigenvalue weighted by Gasteiger charge is -2.26. The van der Waals surface area contributed by atoms with Crippen molar-refractivity contribution in [2.45, 2.75) is 0 Å². The summed E-state index contributed by atoms with van der Waals surface area (Å²) < 4.78 is 2.32. The third-order valence-corrected chi connectivity index (χ3v) is 11.7. The van der Waals surface area contributed by atoms with Gasteiger partial charge in [0.25, 0.3) is 0 Å². The van der Waals surface area contributed by atoms with E-state index in [1.165, 1.54) is 0 Å². The Balaban J connectivity index is 1.04. The third-order valence-electron chi connectivity index (χ3n) is 11.7. The molecule has 0 amide bonds. The minimum absolute atomic E-state index is 0.421. The fraction of sp³-hybridized carbons (Fsp3) is 0. The zero-order valence-electron chi connectivity index (χ0n) is 33.7. The average molecular weight is 794 g/mol. The molecule has 0 bridgehead atoms. The standard InChI is InChI=1S/C57H39N5/c58-55(53(41-22-9-3-10-23-41)56-45-27-14-13-24-43(45)36-48(59-56)38-18-5-1-6-19-38)42-34-32-40(33-35-42)50-37-49(39-20-7-2-8-21-39)60-57(61-50)47-29-17-31-52-54(47)46-28-15-16-30-51(46)62(52)44-25-11-4-12-26-44/h1-37,58-59H/b56-53-,58-55?. The van der Waals surface area contributed by atoms with Crippen molar-refractivity contribution < 1.29 is 0 Å². The summed E-state index contributed by atoms with van der Waals surface area (Å²) in [6.45, 7) is 0. The molecule has 1 aliphatic heterocycles. The normalized spacial score (nSPS) is 13.0. The van der Waals surface area contributed by atoms with Crippen LogP contribution in [-0.4, -0.2) is 20.2 Å². The molecule has 0 fully saturated rings. The number of rotatable bonds is 8. The Morgan fingerprint density at radius 3 is 1.76 bits per heavy atom. The highest BCUT2D eigenvalue weighted by Gasteiger charge is 2.24. The molecule has 0 atom stereocenters. The number of hydrogen-bond acceptors (Lipinski definition) is 4. The molecule has 1 aliphatic rings. The predicted octanol–water partition coefficient (Wildman–Crippen LogP) is 13.6. The van der Waals surface area contributed by atoms with Gasteiger partial charge in [-0.25, -0.2) is 9.97 Å². The van der Waals surface area contributed by atoms with Gasteiger partial charge in [-0.05, 0) is 53.1 Å². The highest BCUT2D eigenvalue weighted by molar-refractivity contribution is 6.36. The first-order valence-electron chi connectivity index (χ1n) is 20.8. The SMILES string of the molecule is N=C(/C(=C1\NC(c2ccccc2)=Cc2ccccc21)c1ccccc1)c1ccc(-c2cc(-c3ccccc3)nc(-c3cccc4c3c3ccccc3n4-c3ccccc3)n2)cc1. The summed E-state index contributed by atoms with van der Waals surface area (Å²) in [7, 11) is 0. The molecule has 62 heavy (non-hydrogen) atoms. The molecule has 2 N–H and O–H groups in total. The van der Waals surface area contributed by atoms with Crippen LogP contribution < -0.4 is 5.32 Å². The van der Waals surface area contributed by atoms with Gasteiger partial charge >= 0.3 is 0 Å². The monoisotopic (exact) mass is 793 g/mol. The van der Waals surface area contributed by atoms with Gasteiger partial charge in [-0.1, -0.05) is 188 Å². The van der Waals surface area contributed by atoms with Crippen LogP contribution in [0.4, 0.5) is 0 Å². The molecule has 0 saturated heterocycles. The summed E-state index contributed by atoms with van der Waals surface area (Å²) in [4.78, 5) is 10.6. The molecule has 2 aromatic heterocycles. The quantitative estimate of drug-likeness (QED) is 0.151. The second-order valence-corrected chi connectivity index (χ2v) is 15.4. The first kappa shape index (κ1) is 36.7. The van der Waals surface area contributed by atoms with Crippen LogP contribution in [0.3, 0.4) is 0 Å². The van der Waals surface area contributed by atoms with Crippen molar-refractivity contribution in [1.82, 2.24) is 19.9 Å². The van der Waals surface area contributed by atoms with E-state index in [0.29, 0.717) is 11.5 Å². The van der Waals surface area contributed by atoms with Crippen molar-refractivity contribution in [2.24, 2.45) is 0 Å². The number of nitrogens with one attached hydrogen (secondary N) is 2. The molecule has 11 rings (SSSR count). The number of fused-ring (bicyclic) bond motifs is 4. The number of allylic oxidation sites excluding steroid dienone is 1. The van der Waals surface area contributed by atoms with E-state index >= 15 is 0 Å². The Morgan fingerprint density at radius 1 is 0.468 bits per heavy atom. The Labute approximate surface area is 360 Å². The van der Waals surface area contributed by atoms with Crippen LogP contribution in [0.1, 0.15) is 27.8 Å². The van der Waals surface area contributed by atoms with E-state index < -0.39 is 0 Å². The van der Waals surface area contributed by atoms with E-state index in [1.54, 1.807) is 0 Å². The summed E-state index contributed by atoms with van der Waals surface area (Å²) >= 11 is 0. The van der Waals surface area contributed by atoms with E-state index in [0.717, 1.165) is 100 Å². The maximum absolute atomic E-state index is 9.90. The van der Waals surface area contributed by atoms with Gasteiger partial charge in [-0.3, -0.25) is 5.41 Å². The molecule has 0 unspecified atom stereocenters. The minimum Gasteiger partial charge on any atom is -0.354 e. The van der Waals surface area contributed by atoms with Gasteiger partial charge in [0.1, 0.15) is 0 Å². The molecular weight excluding hydrogens is 755 g/mol. The van der Waals surface area contributed by atoms with E-state index in [2.05, 4.69) is 174 Å². The number of para-hydroxylation sites is 2. The lowest BCUT2D eigenvalue weighted by atomic mass is 9.88. The van der Waals surface area contributed by atoms with Crippen molar-refractivity contribution in [1.29, 1.82) is 5.41 Å². The fourth-order valence-electron chi connectivity index (χ4n) is 8.72. The molecule has 8 aromatic carbocycles. The molecule has 0 aliphatic carbocycles. The average Bonchev–Trinajstić information content (AvgIpc) is 3.70. The third kappa shape index (κ3) is 6.59. The summed E-state index contributed by atoms with van der Waals surface area (Å²) in [6.07, 6.45) is 2.19. The van der Waals surface area contributed by atoms with Crippen molar-refractivity contribution in [3.8, 4) is 39.6 Å². The molecule has 3 heterocycles. The zero-order valence-corrected chi connectivity index (χ0v) is 33.7. The summed E-state index contributed by atoms with van der Waals surface area (Å²) in [5, 5.41) is 15.9. The highest BCUT2D eigenvalue weighted by Crippen LogP contribution is 2.40. The number of nitrogens with zero attached hydrogens (tertiary/aromatic N) is 3. The molecule has 5 nitrogen and oxygen atoms in total. The molecule has 5 heteroatoms. The van der Waals surface area contributed by atoms with E-state index in [1.807, 2.05) is 60.7 Å². The first-order valence-corrected chi connectivity index (χ1v) is 20.8. The second kappa shape index (κ2) is 15.6. The molecule has 0 radical (unpaired) electrons. The van der Waals surface area contributed by atoms with Gasteiger partial charge in [0.2, 0.25) is 0 Å². The van der Waals surface area contributed by atoms with Crippen LogP contribution in [0.5, 0.6) is 0 Å². The number of hydrogen-bond donors (Lipinski definition) is 2. The van der Waals surface area contributed by atoms with Gasteiger partial charge < -0.3 is 9.88 Å². The fourth-order valence-corrected chi connectivity index (χ4v) is 8.72. The maximum Gasteiger partial charge on any atom is 0.161 e. The molecule has 10 aromatic rings. The molecule has 0 saturated carbocycles. The van der Waals surface area contributed by atoms with Crippen LogP contribution in [0.25, 0.3) is 84.4 Å². The van der Waals surface area contributed by atoms with Gasteiger partial charge in [-0.2, -0.15) is 0 Å². The lowest BCUT2D eigenvalue weighted by molar-refractivity contribution is 1.17. The smallest absolute Gasteiger partial charge is 0.161 e. The van der Waals surface area contributed by atoms with E-state index in [9.17, 15) is 5.41 Å². The Morgan fingerprint density at radius 2 is 1.03 bits per heavy atom. The predicted molar refractivity (Wildman–Crippen MR) is 257 cm³/mol. The van der Waals surface area contributed by atoms with Crippen LogP contribution in [-0.2, 0) is 0 Å². The van der Waals surface area contributed by atoms with Crippen LogP contribution in [0, 0.1) is 5.41 Å². The lowest BCUT2D eigenvalue weighted by Crippen LogP contribution is -2.20. The second-order valence-electron chi connectivity index (χ2n) is 15.4. The maximum atomic E-state index is 9.90. The van der Waals surface area contributed by atoms with Crippen LogP contribution >= 0.6 is 0 Å².